The topological polar surface area (TPSA) is 60.4 Å². The zero-order valence-corrected chi connectivity index (χ0v) is 15.6. The van der Waals surface area contributed by atoms with Crippen molar-refractivity contribution in [2.24, 2.45) is 0 Å². The molecule has 1 aliphatic carbocycles. The molecule has 0 amide bonds. The Morgan fingerprint density at radius 3 is 2.08 bits per heavy atom. The Morgan fingerprint density at radius 1 is 1.08 bits per heavy atom. The maximum atomic E-state index is 12.8. The van der Waals surface area contributed by atoms with Crippen molar-refractivity contribution in [3.63, 3.8) is 0 Å². The van der Waals surface area contributed by atoms with Crippen molar-refractivity contribution in [1.82, 2.24) is 0 Å². The Labute approximate surface area is 145 Å². The molecule has 0 atom stereocenters. The van der Waals surface area contributed by atoms with Gasteiger partial charge in [-0.05, 0) is 48.3 Å². The van der Waals surface area contributed by atoms with Crippen LogP contribution in [0.3, 0.4) is 0 Å². The van der Waals surface area contributed by atoms with E-state index in [9.17, 15) is 26.4 Å². The van der Waals surface area contributed by atoms with Gasteiger partial charge in [0, 0.05) is 11.1 Å². The molecule has 0 unspecified atom stereocenters. The fourth-order valence-corrected chi connectivity index (χ4v) is 3.63. The van der Waals surface area contributed by atoms with Gasteiger partial charge >= 0.3 is 15.6 Å². The summed E-state index contributed by atoms with van der Waals surface area (Å²) in [6.07, 6.45) is 1.40. The Hall–Kier alpha value is -1.57. The van der Waals surface area contributed by atoms with Gasteiger partial charge in [-0.1, -0.05) is 27.7 Å². The second-order valence-corrected chi connectivity index (χ2v) is 9.24. The zero-order valence-electron chi connectivity index (χ0n) is 14.7. The monoisotopic (exact) mass is 378 g/mol. The summed E-state index contributed by atoms with van der Waals surface area (Å²) in [6, 6.07) is 2.72. The smallest absolute Gasteiger partial charge is 0.376 e. The summed E-state index contributed by atoms with van der Waals surface area (Å²) in [4.78, 5) is 11.8. The summed E-state index contributed by atoms with van der Waals surface area (Å²) >= 11 is 0. The first-order valence-electron chi connectivity index (χ1n) is 7.79. The molecule has 0 N–H and O–H groups in total. The number of benzene rings is 1. The van der Waals surface area contributed by atoms with Crippen LogP contribution in [-0.4, -0.2) is 19.7 Å². The molecule has 8 heteroatoms. The number of fused-ring (bicyclic) bond motifs is 1. The van der Waals surface area contributed by atoms with E-state index in [1.54, 1.807) is 6.07 Å². The van der Waals surface area contributed by atoms with E-state index in [2.05, 4.69) is 4.18 Å². The third-order valence-electron chi connectivity index (χ3n) is 4.77. The fraction of sp³-hybridized carbons (Fsp3) is 0.588. The van der Waals surface area contributed by atoms with Crippen molar-refractivity contribution in [3.8, 4) is 5.75 Å². The summed E-state index contributed by atoms with van der Waals surface area (Å²) < 4.78 is 65.9. The number of ketones is 1. The number of rotatable bonds is 3. The van der Waals surface area contributed by atoms with E-state index in [0.717, 1.165) is 12.5 Å². The predicted molar refractivity (Wildman–Crippen MR) is 87.3 cm³/mol. The minimum Gasteiger partial charge on any atom is -0.376 e. The van der Waals surface area contributed by atoms with Crippen molar-refractivity contribution in [2.45, 2.75) is 63.8 Å². The van der Waals surface area contributed by atoms with Gasteiger partial charge in [0.05, 0.1) is 0 Å². The van der Waals surface area contributed by atoms with E-state index in [4.69, 9.17) is 0 Å². The molecular weight excluding hydrogens is 357 g/mol. The molecule has 0 fully saturated rings. The SMILES string of the molecule is CC(=O)c1cc(OS(=O)(=O)C(F)(F)F)c2c(c1)C(C)(C)CCC2(C)C. The Morgan fingerprint density at radius 2 is 1.60 bits per heavy atom. The molecule has 0 aliphatic heterocycles. The number of carbonyl (C=O) groups is 1. The lowest BCUT2D eigenvalue weighted by Crippen LogP contribution is -2.36. The Kier molecular flexibility index (Phi) is 4.52. The minimum absolute atomic E-state index is 0.122. The van der Waals surface area contributed by atoms with Gasteiger partial charge in [-0.25, -0.2) is 0 Å². The largest absolute Gasteiger partial charge is 0.534 e. The molecule has 4 nitrogen and oxygen atoms in total. The summed E-state index contributed by atoms with van der Waals surface area (Å²) in [5.74, 6) is -0.797. The molecule has 140 valence electrons. The first-order chi connectivity index (χ1) is 11.1. The number of hydrogen-bond donors (Lipinski definition) is 0. The highest BCUT2D eigenvalue weighted by Crippen LogP contribution is 2.50. The molecule has 0 radical (unpaired) electrons. The number of Topliss-reactive ketones (excluding diaryl/α,β-unsaturated/α-hetero) is 1. The van der Waals surface area contributed by atoms with Crippen LogP contribution in [0, 0.1) is 0 Å². The molecule has 0 saturated heterocycles. The van der Waals surface area contributed by atoms with Gasteiger partial charge in [0.15, 0.2) is 5.78 Å². The maximum absolute atomic E-state index is 12.8. The highest BCUT2D eigenvalue weighted by Gasteiger charge is 2.50. The van der Waals surface area contributed by atoms with Crippen LogP contribution in [0.1, 0.15) is 68.9 Å². The number of halogens is 3. The second-order valence-electron chi connectivity index (χ2n) is 7.70. The van der Waals surface area contributed by atoms with Crippen LogP contribution < -0.4 is 4.18 Å². The molecule has 0 heterocycles. The number of carbonyl (C=O) groups excluding carboxylic acids is 1. The van der Waals surface area contributed by atoms with Crippen molar-refractivity contribution in [2.75, 3.05) is 0 Å². The Balaban J connectivity index is 2.80. The third-order valence-corrected chi connectivity index (χ3v) is 5.74. The van der Waals surface area contributed by atoms with Crippen LogP contribution in [0.25, 0.3) is 0 Å². The van der Waals surface area contributed by atoms with Crippen molar-refractivity contribution in [3.05, 3.63) is 28.8 Å². The molecule has 1 aromatic carbocycles. The highest BCUT2D eigenvalue weighted by molar-refractivity contribution is 7.88. The first-order valence-corrected chi connectivity index (χ1v) is 9.20. The van der Waals surface area contributed by atoms with E-state index < -0.39 is 32.2 Å². The van der Waals surface area contributed by atoms with Crippen LogP contribution in [0.2, 0.25) is 0 Å². The normalized spacial score (nSPS) is 19.2. The van der Waals surface area contributed by atoms with Crippen molar-refractivity contribution in [1.29, 1.82) is 0 Å². The maximum Gasteiger partial charge on any atom is 0.534 e. The third kappa shape index (κ3) is 3.54. The van der Waals surface area contributed by atoms with Crippen LogP contribution in [0.5, 0.6) is 5.75 Å². The molecule has 1 aromatic rings. The first kappa shape index (κ1) is 19.8. The molecule has 1 aliphatic rings. The molecule has 2 rings (SSSR count). The van der Waals surface area contributed by atoms with Crippen molar-refractivity contribution < 1.29 is 30.6 Å². The molecular formula is C17H21F3O4S. The predicted octanol–water partition coefficient (Wildman–Crippen LogP) is 4.47. The summed E-state index contributed by atoms with van der Waals surface area (Å²) in [5, 5.41) is 0. The van der Waals surface area contributed by atoms with Gasteiger partial charge in [0.2, 0.25) is 0 Å². The molecule has 0 saturated carbocycles. The standard InChI is InChI=1S/C17H21F3O4S/c1-10(21)11-8-12-14(16(4,5)7-6-15(12,2)3)13(9-11)24-25(22,23)17(18,19)20/h8-9H,6-7H2,1-5H3. The number of hydrogen-bond acceptors (Lipinski definition) is 4. The lowest BCUT2D eigenvalue weighted by Gasteiger charge is -2.42. The summed E-state index contributed by atoms with van der Waals surface area (Å²) in [5.41, 5.74) is -5.38. The molecule has 0 aromatic heterocycles. The average molecular weight is 378 g/mol. The molecule has 0 spiro atoms. The van der Waals surface area contributed by atoms with Gasteiger partial charge in [0.1, 0.15) is 5.75 Å². The van der Waals surface area contributed by atoms with Crippen LogP contribution in [0.15, 0.2) is 12.1 Å². The van der Waals surface area contributed by atoms with Crippen molar-refractivity contribution >= 4 is 15.9 Å². The van der Waals surface area contributed by atoms with Gasteiger partial charge < -0.3 is 4.18 Å². The van der Waals surface area contributed by atoms with Gasteiger partial charge in [-0.2, -0.15) is 21.6 Å². The second kappa shape index (κ2) is 5.72. The number of alkyl halides is 3. The lowest BCUT2D eigenvalue weighted by molar-refractivity contribution is -0.0500. The minimum atomic E-state index is -5.83. The van der Waals surface area contributed by atoms with E-state index >= 15 is 0 Å². The highest BCUT2D eigenvalue weighted by atomic mass is 32.2. The van der Waals surface area contributed by atoms with E-state index in [0.29, 0.717) is 17.5 Å². The van der Waals surface area contributed by atoms with Crippen LogP contribution in [0.4, 0.5) is 13.2 Å². The van der Waals surface area contributed by atoms with E-state index in [1.165, 1.54) is 6.92 Å². The Bertz CT molecular complexity index is 821. The van der Waals surface area contributed by atoms with Gasteiger partial charge in [0.25, 0.3) is 0 Å². The average Bonchev–Trinajstić information content (AvgIpc) is 2.41. The quantitative estimate of drug-likeness (QED) is 0.442. The van der Waals surface area contributed by atoms with Gasteiger partial charge in [-0.15, -0.1) is 0 Å². The van der Waals surface area contributed by atoms with Crippen LogP contribution >= 0.6 is 0 Å². The fourth-order valence-electron chi connectivity index (χ4n) is 3.17. The summed E-state index contributed by atoms with van der Waals surface area (Å²) in [7, 11) is -5.83. The molecule has 25 heavy (non-hydrogen) atoms. The van der Waals surface area contributed by atoms with E-state index in [1.807, 2.05) is 27.7 Å². The van der Waals surface area contributed by atoms with Gasteiger partial charge in [-0.3, -0.25) is 4.79 Å². The lowest BCUT2D eigenvalue weighted by atomic mass is 9.62. The summed E-state index contributed by atoms with van der Waals surface area (Å²) in [6.45, 7) is 8.73. The molecule has 0 bridgehead atoms. The zero-order chi connectivity index (χ0) is 19.4. The van der Waals surface area contributed by atoms with Crippen LogP contribution in [-0.2, 0) is 20.9 Å². The van der Waals surface area contributed by atoms with E-state index in [-0.39, 0.29) is 11.3 Å².